The third kappa shape index (κ3) is 3.39. The quantitative estimate of drug-likeness (QED) is 0.474. The summed E-state index contributed by atoms with van der Waals surface area (Å²) in [5.74, 6) is 2.80. The van der Waals surface area contributed by atoms with Gasteiger partial charge in [-0.25, -0.2) is 4.79 Å². The van der Waals surface area contributed by atoms with Crippen LogP contribution >= 0.6 is 0 Å². The highest BCUT2D eigenvalue weighted by Crippen LogP contribution is 2.11. The predicted molar refractivity (Wildman–Crippen MR) is 76.2 cm³/mol. The summed E-state index contributed by atoms with van der Waals surface area (Å²) in [4.78, 5) is 11.9. The van der Waals surface area contributed by atoms with Crippen molar-refractivity contribution in [1.82, 2.24) is 0 Å². The SMILES string of the molecule is C#Cc1ccccc1C(=O)OCC(=C)Cc1ccco1. The van der Waals surface area contributed by atoms with Crippen LogP contribution in [-0.2, 0) is 11.2 Å². The minimum atomic E-state index is -0.445. The molecular formula is C17H14O3. The van der Waals surface area contributed by atoms with E-state index in [2.05, 4.69) is 12.5 Å². The monoisotopic (exact) mass is 266 g/mol. The van der Waals surface area contributed by atoms with Crippen LogP contribution in [0.5, 0.6) is 0 Å². The van der Waals surface area contributed by atoms with Gasteiger partial charge >= 0.3 is 5.97 Å². The van der Waals surface area contributed by atoms with E-state index >= 15 is 0 Å². The van der Waals surface area contributed by atoms with E-state index in [9.17, 15) is 4.79 Å². The maximum Gasteiger partial charge on any atom is 0.339 e. The fourth-order valence-corrected chi connectivity index (χ4v) is 1.74. The van der Waals surface area contributed by atoms with E-state index < -0.39 is 5.97 Å². The molecule has 1 heterocycles. The molecule has 0 radical (unpaired) electrons. The van der Waals surface area contributed by atoms with Crippen LogP contribution < -0.4 is 0 Å². The molecule has 3 heteroatoms. The number of esters is 1. The third-order valence-corrected chi connectivity index (χ3v) is 2.71. The van der Waals surface area contributed by atoms with E-state index in [-0.39, 0.29) is 6.61 Å². The van der Waals surface area contributed by atoms with Crippen molar-refractivity contribution in [2.24, 2.45) is 0 Å². The van der Waals surface area contributed by atoms with Crippen LogP contribution in [0.25, 0.3) is 0 Å². The number of hydrogen-bond acceptors (Lipinski definition) is 3. The molecule has 0 bridgehead atoms. The highest BCUT2D eigenvalue weighted by molar-refractivity contribution is 5.92. The standard InChI is InChI=1S/C17H14O3/c1-3-14-7-4-5-9-16(14)17(18)20-12-13(2)11-15-8-6-10-19-15/h1,4-10H,2,11-12H2. The smallest absolute Gasteiger partial charge is 0.339 e. The number of rotatable bonds is 5. The topological polar surface area (TPSA) is 39.4 Å². The molecule has 0 aliphatic heterocycles. The first kappa shape index (κ1) is 13.7. The lowest BCUT2D eigenvalue weighted by Crippen LogP contribution is -2.10. The zero-order valence-corrected chi connectivity index (χ0v) is 11.0. The van der Waals surface area contributed by atoms with Crippen LogP contribution in [0.4, 0.5) is 0 Å². The fourth-order valence-electron chi connectivity index (χ4n) is 1.74. The average molecular weight is 266 g/mol. The van der Waals surface area contributed by atoms with Gasteiger partial charge in [-0.3, -0.25) is 0 Å². The van der Waals surface area contributed by atoms with Gasteiger partial charge in [0.1, 0.15) is 12.4 Å². The third-order valence-electron chi connectivity index (χ3n) is 2.71. The number of benzene rings is 1. The van der Waals surface area contributed by atoms with Crippen molar-refractivity contribution >= 4 is 5.97 Å². The van der Waals surface area contributed by atoms with E-state index in [4.69, 9.17) is 15.6 Å². The molecule has 0 fully saturated rings. The number of carbonyl (C=O) groups is 1. The van der Waals surface area contributed by atoms with Crippen molar-refractivity contribution in [2.45, 2.75) is 6.42 Å². The Hall–Kier alpha value is -2.73. The first-order valence-corrected chi connectivity index (χ1v) is 6.12. The summed E-state index contributed by atoms with van der Waals surface area (Å²) in [6.45, 7) is 4.00. The van der Waals surface area contributed by atoms with E-state index in [1.807, 2.05) is 6.07 Å². The number of carbonyl (C=O) groups excluding carboxylic acids is 1. The van der Waals surface area contributed by atoms with Crippen LogP contribution in [0.3, 0.4) is 0 Å². The van der Waals surface area contributed by atoms with Gasteiger partial charge in [-0.1, -0.05) is 24.6 Å². The molecule has 3 nitrogen and oxygen atoms in total. The summed E-state index contributed by atoms with van der Waals surface area (Å²) < 4.78 is 10.4. The molecule has 0 spiro atoms. The second-order valence-electron chi connectivity index (χ2n) is 4.27. The van der Waals surface area contributed by atoms with Gasteiger partial charge in [0.2, 0.25) is 0 Å². The summed E-state index contributed by atoms with van der Waals surface area (Å²) in [5, 5.41) is 0. The van der Waals surface area contributed by atoms with Crippen LogP contribution in [0.15, 0.2) is 59.2 Å². The first-order valence-electron chi connectivity index (χ1n) is 6.12. The van der Waals surface area contributed by atoms with E-state index in [1.165, 1.54) is 0 Å². The number of hydrogen-bond donors (Lipinski definition) is 0. The largest absolute Gasteiger partial charge is 0.469 e. The Labute approximate surface area is 117 Å². The molecule has 0 saturated heterocycles. The zero-order chi connectivity index (χ0) is 14.4. The van der Waals surface area contributed by atoms with Crippen molar-refractivity contribution in [3.8, 4) is 12.3 Å². The molecular weight excluding hydrogens is 252 g/mol. The molecule has 1 aromatic carbocycles. The van der Waals surface area contributed by atoms with Gasteiger partial charge in [0.25, 0.3) is 0 Å². The number of furan rings is 1. The Morgan fingerprint density at radius 1 is 1.30 bits per heavy atom. The maximum atomic E-state index is 11.9. The molecule has 1 aromatic heterocycles. The van der Waals surface area contributed by atoms with E-state index in [1.54, 1.807) is 36.6 Å². The molecule has 0 amide bonds. The molecule has 0 N–H and O–H groups in total. The molecule has 100 valence electrons. The average Bonchev–Trinajstić information content (AvgIpc) is 2.97. The summed E-state index contributed by atoms with van der Waals surface area (Å²) in [5.41, 5.74) is 1.67. The molecule has 0 aliphatic carbocycles. The van der Waals surface area contributed by atoms with Gasteiger partial charge in [-0.2, -0.15) is 0 Å². The van der Waals surface area contributed by atoms with E-state index in [0.29, 0.717) is 17.5 Å². The Morgan fingerprint density at radius 3 is 2.80 bits per heavy atom. The highest BCUT2D eigenvalue weighted by atomic mass is 16.5. The maximum absolute atomic E-state index is 11.9. The number of terminal acetylenes is 1. The Morgan fingerprint density at radius 2 is 2.10 bits per heavy atom. The number of ether oxygens (including phenoxy) is 1. The second-order valence-corrected chi connectivity index (χ2v) is 4.27. The molecule has 2 rings (SSSR count). The zero-order valence-electron chi connectivity index (χ0n) is 11.0. The molecule has 20 heavy (non-hydrogen) atoms. The Bertz CT molecular complexity index is 645. The minimum Gasteiger partial charge on any atom is -0.469 e. The molecule has 0 atom stereocenters. The second kappa shape index (κ2) is 6.44. The van der Waals surface area contributed by atoms with Crippen molar-refractivity contribution in [1.29, 1.82) is 0 Å². The van der Waals surface area contributed by atoms with Crippen LogP contribution in [0, 0.1) is 12.3 Å². The van der Waals surface area contributed by atoms with Gasteiger partial charge in [0.15, 0.2) is 0 Å². The van der Waals surface area contributed by atoms with Gasteiger partial charge < -0.3 is 9.15 Å². The van der Waals surface area contributed by atoms with Gasteiger partial charge in [-0.05, 0) is 29.8 Å². The lowest BCUT2D eigenvalue weighted by atomic mass is 10.1. The minimum absolute atomic E-state index is 0.137. The van der Waals surface area contributed by atoms with Gasteiger partial charge in [-0.15, -0.1) is 6.42 Å². The molecule has 0 aliphatic rings. The summed E-state index contributed by atoms with van der Waals surface area (Å²) in [7, 11) is 0. The molecule has 0 saturated carbocycles. The van der Waals surface area contributed by atoms with Crippen LogP contribution in [0.1, 0.15) is 21.7 Å². The fraction of sp³-hybridized carbons (Fsp3) is 0.118. The van der Waals surface area contributed by atoms with Crippen LogP contribution in [0.2, 0.25) is 0 Å². The summed E-state index contributed by atoms with van der Waals surface area (Å²) >= 11 is 0. The first-order chi connectivity index (χ1) is 9.70. The lowest BCUT2D eigenvalue weighted by molar-refractivity contribution is 0.0537. The Kier molecular flexibility index (Phi) is 4.41. The van der Waals surface area contributed by atoms with Crippen molar-refractivity contribution in [3.63, 3.8) is 0 Å². The lowest BCUT2D eigenvalue weighted by Gasteiger charge is -2.07. The van der Waals surface area contributed by atoms with Crippen molar-refractivity contribution in [2.75, 3.05) is 6.61 Å². The Balaban J connectivity index is 1.92. The van der Waals surface area contributed by atoms with Gasteiger partial charge in [0.05, 0.1) is 11.8 Å². The normalized spacial score (nSPS) is 9.75. The predicted octanol–water partition coefficient (Wildman–Crippen LogP) is 3.22. The van der Waals surface area contributed by atoms with Gasteiger partial charge in [0, 0.05) is 12.0 Å². The summed E-state index contributed by atoms with van der Waals surface area (Å²) in [6, 6.07) is 10.5. The van der Waals surface area contributed by atoms with Crippen molar-refractivity contribution in [3.05, 3.63) is 71.7 Å². The highest BCUT2D eigenvalue weighted by Gasteiger charge is 2.11. The van der Waals surface area contributed by atoms with E-state index in [0.717, 1.165) is 11.3 Å². The van der Waals surface area contributed by atoms with Crippen molar-refractivity contribution < 1.29 is 13.9 Å². The van der Waals surface area contributed by atoms with Crippen LogP contribution in [-0.4, -0.2) is 12.6 Å². The molecule has 0 unspecified atom stereocenters. The molecule has 2 aromatic rings. The summed E-state index contributed by atoms with van der Waals surface area (Å²) in [6.07, 6.45) is 7.48.